The van der Waals surface area contributed by atoms with Crippen molar-refractivity contribution >= 4 is 37.6 Å². The van der Waals surface area contributed by atoms with E-state index in [9.17, 15) is 13.2 Å². The van der Waals surface area contributed by atoms with Crippen LogP contribution in [0.15, 0.2) is 4.90 Å². The number of carbonyl (C=O) groups excluding carboxylic acids is 1. The molecular formula is C14H22N2O3S2. The van der Waals surface area contributed by atoms with Crippen LogP contribution in [0.2, 0.25) is 0 Å². The van der Waals surface area contributed by atoms with Crippen molar-refractivity contribution in [3.63, 3.8) is 0 Å². The Kier molecular flexibility index (Phi) is 4.63. The fourth-order valence-corrected chi connectivity index (χ4v) is 5.44. The molecule has 1 atom stereocenters. The van der Waals surface area contributed by atoms with Crippen LogP contribution in [0.4, 0.5) is 10.7 Å². The highest BCUT2D eigenvalue weighted by molar-refractivity contribution is 7.92. The van der Waals surface area contributed by atoms with Gasteiger partial charge in [-0.1, -0.05) is 13.8 Å². The van der Waals surface area contributed by atoms with Crippen LogP contribution in [0.25, 0.3) is 0 Å². The molecule has 118 valence electrons. The van der Waals surface area contributed by atoms with Gasteiger partial charge < -0.3 is 10.6 Å². The Balaban J connectivity index is 2.59. The molecule has 1 aromatic heterocycles. The predicted molar refractivity (Wildman–Crippen MR) is 87.1 cm³/mol. The fourth-order valence-electron chi connectivity index (χ4n) is 2.70. The number of piperidine rings is 1. The first-order valence-electron chi connectivity index (χ1n) is 7.18. The molecule has 0 radical (unpaired) electrons. The number of sulfone groups is 1. The summed E-state index contributed by atoms with van der Waals surface area (Å²) in [4.78, 5) is 14.3. The highest BCUT2D eigenvalue weighted by atomic mass is 32.2. The summed E-state index contributed by atoms with van der Waals surface area (Å²) in [5.74, 6) is 0.322. The lowest BCUT2D eigenvalue weighted by atomic mass is 10.0. The third kappa shape index (κ3) is 3.08. The number of nitrogen functional groups attached to an aromatic ring is 1. The first-order valence-corrected chi connectivity index (χ1v) is 9.65. The van der Waals surface area contributed by atoms with Gasteiger partial charge in [-0.05, 0) is 18.8 Å². The summed E-state index contributed by atoms with van der Waals surface area (Å²) in [5.41, 5.74) is 6.12. The molecule has 0 amide bonds. The van der Waals surface area contributed by atoms with Gasteiger partial charge in [0.2, 0.25) is 0 Å². The Morgan fingerprint density at radius 1 is 1.48 bits per heavy atom. The number of hydrogen-bond donors (Lipinski definition) is 1. The molecule has 0 aromatic carbocycles. The topological polar surface area (TPSA) is 80.5 Å². The van der Waals surface area contributed by atoms with E-state index in [2.05, 4.69) is 11.8 Å². The van der Waals surface area contributed by atoms with Crippen molar-refractivity contribution in [2.75, 3.05) is 29.5 Å². The van der Waals surface area contributed by atoms with E-state index in [0.717, 1.165) is 25.9 Å². The van der Waals surface area contributed by atoms with Gasteiger partial charge in [0, 0.05) is 20.0 Å². The molecule has 0 saturated carbocycles. The average molecular weight is 330 g/mol. The molecule has 2 rings (SSSR count). The van der Waals surface area contributed by atoms with Gasteiger partial charge in [-0.15, -0.1) is 11.3 Å². The van der Waals surface area contributed by atoms with Crippen LogP contribution < -0.4 is 10.6 Å². The summed E-state index contributed by atoms with van der Waals surface area (Å²) in [5, 5.41) is 0.645. The zero-order valence-corrected chi connectivity index (χ0v) is 14.3. The van der Waals surface area contributed by atoms with Gasteiger partial charge in [0.15, 0.2) is 15.6 Å². The van der Waals surface area contributed by atoms with Gasteiger partial charge in [0.25, 0.3) is 0 Å². The van der Waals surface area contributed by atoms with Gasteiger partial charge in [-0.2, -0.15) is 0 Å². The molecule has 0 bridgehead atoms. The number of hydrogen-bond acceptors (Lipinski definition) is 6. The Morgan fingerprint density at radius 3 is 2.67 bits per heavy atom. The third-order valence-corrected chi connectivity index (χ3v) is 7.13. The van der Waals surface area contributed by atoms with Crippen molar-refractivity contribution < 1.29 is 13.2 Å². The van der Waals surface area contributed by atoms with Gasteiger partial charge in [-0.3, -0.25) is 4.79 Å². The number of ketones is 1. The SMILES string of the molecule is CCS(=O)(=O)c1c(N2CCCC(C)C2)sc(C(C)=O)c1N. The smallest absolute Gasteiger partial charge is 0.183 e. The first kappa shape index (κ1) is 16.3. The van der Waals surface area contributed by atoms with Gasteiger partial charge >= 0.3 is 0 Å². The van der Waals surface area contributed by atoms with E-state index in [1.54, 1.807) is 6.92 Å². The highest BCUT2D eigenvalue weighted by Crippen LogP contribution is 2.43. The molecule has 1 saturated heterocycles. The lowest BCUT2D eigenvalue weighted by Gasteiger charge is -2.32. The number of Topliss-reactive ketones (excluding diaryl/α,β-unsaturated/α-hetero) is 1. The molecule has 1 fully saturated rings. The van der Waals surface area contributed by atoms with Gasteiger partial charge in [-0.25, -0.2) is 8.42 Å². The highest BCUT2D eigenvalue weighted by Gasteiger charge is 2.31. The number of carbonyl (C=O) groups is 1. The van der Waals surface area contributed by atoms with Crippen LogP contribution in [0, 0.1) is 5.92 Å². The molecule has 0 spiro atoms. The number of rotatable bonds is 4. The number of anilines is 2. The minimum atomic E-state index is -3.45. The van der Waals surface area contributed by atoms with Gasteiger partial charge in [0.1, 0.15) is 9.90 Å². The molecule has 5 nitrogen and oxygen atoms in total. The largest absolute Gasteiger partial charge is 0.396 e. The summed E-state index contributed by atoms with van der Waals surface area (Å²) in [7, 11) is -3.45. The minimum Gasteiger partial charge on any atom is -0.396 e. The summed E-state index contributed by atoms with van der Waals surface area (Å²) < 4.78 is 24.8. The van der Waals surface area contributed by atoms with E-state index in [1.807, 2.05) is 0 Å². The summed E-state index contributed by atoms with van der Waals surface area (Å²) in [6.45, 7) is 6.80. The Morgan fingerprint density at radius 2 is 2.14 bits per heavy atom. The van der Waals surface area contributed by atoms with E-state index in [4.69, 9.17) is 5.73 Å². The lowest BCUT2D eigenvalue weighted by molar-refractivity contribution is 0.102. The molecule has 1 aliphatic heterocycles. The Hall–Kier alpha value is -1.08. The molecule has 2 N–H and O–H groups in total. The molecule has 2 heterocycles. The maximum Gasteiger partial charge on any atom is 0.183 e. The number of nitrogens with zero attached hydrogens (tertiary/aromatic N) is 1. The summed E-state index contributed by atoms with van der Waals surface area (Å²) >= 11 is 1.22. The second-order valence-electron chi connectivity index (χ2n) is 5.63. The maximum absolute atomic E-state index is 12.4. The van der Waals surface area contributed by atoms with E-state index in [0.29, 0.717) is 15.8 Å². The molecule has 1 unspecified atom stereocenters. The Bertz CT molecular complexity index is 649. The summed E-state index contributed by atoms with van der Waals surface area (Å²) in [6, 6.07) is 0. The summed E-state index contributed by atoms with van der Waals surface area (Å²) in [6.07, 6.45) is 2.17. The first-order chi connectivity index (χ1) is 9.77. The maximum atomic E-state index is 12.4. The average Bonchev–Trinajstić information content (AvgIpc) is 2.77. The minimum absolute atomic E-state index is 0.0122. The second kappa shape index (κ2) is 5.96. The molecule has 0 aliphatic carbocycles. The Labute approximate surface area is 130 Å². The fraction of sp³-hybridized carbons (Fsp3) is 0.643. The van der Waals surface area contributed by atoms with Crippen molar-refractivity contribution in [3.8, 4) is 0 Å². The van der Waals surface area contributed by atoms with Crippen LogP contribution in [-0.2, 0) is 9.84 Å². The third-order valence-electron chi connectivity index (χ3n) is 3.84. The normalized spacial score (nSPS) is 19.8. The number of thiophene rings is 1. The van der Waals surface area contributed by atoms with E-state index >= 15 is 0 Å². The van der Waals surface area contributed by atoms with Crippen LogP contribution in [0.1, 0.15) is 43.3 Å². The molecule has 1 aliphatic rings. The van der Waals surface area contributed by atoms with Crippen LogP contribution in [0.3, 0.4) is 0 Å². The quantitative estimate of drug-likeness (QED) is 0.858. The molecule has 7 heteroatoms. The molecular weight excluding hydrogens is 308 g/mol. The zero-order chi connectivity index (χ0) is 15.8. The van der Waals surface area contributed by atoms with E-state index in [1.165, 1.54) is 18.3 Å². The zero-order valence-electron chi connectivity index (χ0n) is 12.7. The van der Waals surface area contributed by atoms with Gasteiger partial charge in [0.05, 0.1) is 16.3 Å². The standard InChI is InChI=1S/C14H22N2O3S2/c1-4-21(18,19)13-11(15)12(10(3)17)20-14(13)16-7-5-6-9(2)8-16/h9H,4-8,15H2,1-3H3. The molecule has 1 aromatic rings. The van der Waals surface area contributed by atoms with E-state index < -0.39 is 9.84 Å². The second-order valence-corrected chi connectivity index (χ2v) is 8.85. The van der Waals surface area contributed by atoms with Crippen LogP contribution >= 0.6 is 11.3 Å². The van der Waals surface area contributed by atoms with Crippen molar-refractivity contribution in [1.29, 1.82) is 0 Å². The predicted octanol–water partition coefficient (Wildman–Crippen LogP) is 2.56. The van der Waals surface area contributed by atoms with Crippen molar-refractivity contribution in [2.45, 2.75) is 38.5 Å². The van der Waals surface area contributed by atoms with Crippen molar-refractivity contribution in [1.82, 2.24) is 0 Å². The monoisotopic (exact) mass is 330 g/mol. The van der Waals surface area contributed by atoms with E-state index in [-0.39, 0.29) is 22.1 Å². The van der Waals surface area contributed by atoms with Crippen LogP contribution in [0.5, 0.6) is 0 Å². The number of nitrogens with two attached hydrogens (primary N) is 1. The lowest BCUT2D eigenvalue weighted by Crippen LogP contribution is -2.34. The van der Waals surface area contributed by atoms with Crippen molar-refractivity contribution in [3.05, 3.63) is 4.88 Å². The van der Waals surface area contributed by atoms with Crippen molar-refractivity contribution in [2.24, 2.45) is 5.92 Å². The molecule has 21 heavy (non-hydrogen) atoms. The van der Waals surface area contributed by atoms with Crippen LogP contribution in [-0.4, -0.2) is 33.0 Å².